The first-order valence-corrected chi connectivity index (χ1v) is 14.3. The Morgan fingerprint density at radius 1 is 1.05 bits per heavy atom. The Balaban J connectivity index is 1.35. The predicted octanol–water partition coefficient (Wildman–Crippen LogP) is 7.73. The minimum absolute atomic E-state index is 0.00514. The van der Waals surface area contributed by atoms with Gasteiger partial charge in [0.2, 0.25) is 5.88 Å². The summed E-state index contributed by atoms with van der Waals surface area (Å²) < 4.78 is 57.2. The number of halogens is 3. The zero-order valence-electron chi connectivity index (χ0n) is 23.5. The number of fused-ring (bicyclic) bond motifs is 2. The van der Waals surface area contributed by atoms with Gasteiger partial charge in [0.1, 0.15) is 18.2 Å². The first-order valence-electron chi connectivity index (χ1n) is 14.3. The molecule has 3 aliphatic rings. The predicted molar refractivity (Wildman–Crippen MR) is 148 cm³/mol. The molecule has 41 heavy (non-hydrogen) atoms. The van der Waals surface area contributed by atoms with Crippen molar-refractivity contribution in [2.45, 2.75) is 76.7 Å². The molecule has 216 valence electrons. The second-order valence-corrected chi connectivity index (χ2v) is 12.5. The monoisotopic (exact) mass is 565 g/mol. The lowest BCUT2D eigenvalue weighted by atomic mass is 9.57. The molecule has 6 rings (SSSR count). The van der Waals surface area contributed by atoms with E-state index in [9.17, 15) is 9.90 Å². The van der Waals surface area contributed by atoms with Crippen LogP contribution in [0.25, 0.3) is 11.1 Å². The van der Waals surface area contributed by atoms with Crippen molar-refractivity contribution < 1.29 is 32.5 Å². The summed E-state index contributed by atoms with van der Waals surface area (Å²) in [5.74, 6) is -3.10. The molecule has 3 aliphatic carbocycles. The average Bonchev–Trinajstić information content (AvgIpc) is 3.51. The first-order chi connectivity index (χ1) is 19.6. The molecule has 1 N–H and O–H groups in total. The Labute approximate surface area is 237 Å². The normalized spacial score (nSPS) is 24.2. The zero-order valence-corrected chi connectivity index (χ0v) is 23.5. The highest BCUT2D eigenvalue weighted by molar-refractivity contribution is 5.75. The lowest BCUT2D eigenvalue weighted by Crippen LogP contribution is -2.47. The van der Waals surface area contributed by atoms with Crippen molar-refractivity contribution in [3.63, 3.8) is 0 Å². The Kier molecular flexibility index (Phi) is 6.78. The third-order valence-electron chi connectivity index (χ3n) is 9.92. The highest BCUT2D eigenvalue weighted by Gasteiger charge is 2.57. The van der Waals surface area contributed by atoms with Crippen molar-refractivity contribution >= 4 is 5.97 Å². The number of hydrogen-bond acceptors (Lipinski definition) is 4. The molecule has 5 nitrogen and oxygen atoms in total. The molecular weight excluding hydrogens is 531 g/mol. The molecule has 3 aromatic rings. The SMILES string of the molecule is COc1cc(-c2ccc(COc3cc(F)c4c(c3F)C3(CC4)CCC3C(=O)O)cc2C2CCCC2(C)C)c(F)cn1. The number of carbonyl (C=O) groups is 1. The van der Waals surface area contributed by atoms with Crippen LogP contribution in [0.15, 0.2) is 36.5 Å². The van der Waals surface area contributed by atoms with E-state index in [1.54, 1.807) is 6.07 Å². The van der Waals surface area contributed by atoms with Gasteiger partial charge in [-0.2, -0.15) is 0 Å². The summed E-state index contributed by atoms with van der Waals surface area (Å²) in [5.41, 5.74) is 2.43. The topological polar surface area (TPSA) is 68.7 Å². The van der Waals surface area contributed by atoms with Crippen LogP contribution in [-0.4, -0.2) is 23.2 Å². The Morgan fingerprint density at radius 3 is 2.51 bits per heavy atom. The maximum Gasteiger partial charge on any atom is 0.307 e. The van der Waals surface area contributed by atoms with Crippen LogP contribution in [0.2, 0.25) is 0 Å². The number of rotatable bonds is 7. The number of ether oxygens (including phenoxy) is 2. The molecule has 0 amide bonds. The van der Waals surface area contributed by atoms with Gasteiger partial charge in [-0.05, 0) is 72.1 Å². The van der Waals surface area contributed by atoms with E-state index in [2.05, 4.69) is 18.8 Å². The molecule has 1 heterocycles. The lowest BCUT2D eigenvalue weighted by molar-refractivity contribution is -0.149. The number of aromatic nitrogens is 1. The third kappa shape index (κ3) is 4.46. The highest BCUT2D eigenvalue weighted by atomic mass is 19.1. The second kappa shape index (κ2) is 10.1. The second-order valence-electron chi connectivity index (χ2n) is 12.5. The van der Waals surface area contributed by atoms with Crippen LogP contribution >= 0.6 is 0 Å². The molecule has 1 spiro atoms. The van der Waals surface area contributed by atoms with Crippen LogP contribution in [0.1, 0.15) is 80.5 Å². The number of pyridine rings is 1. The Hall–Kier alpha value is -3.55. The first kappa shape index (κ1) is 27.6. The summed E-state index contributed by atoms with van der Waals surface area (Å²) in [5, 5.41) is 9.69. The zero-order chi connectivity index (χ0) is 29.1. The van der Waals surface area contributed by atoms with Crippen molar-refractivity contribution in [1.82, 2.24) is 4.98 Å². The van der Waals surface area contributed by atoms with E-state index in [1.165, 1.54) is 7.11 Å². The largest absolute Gasteiger partial charge is 0.486 e. The molecule has 3 unspecified atom stereocenters. The van der Waals surface area contributed by atoms with Crippen molar-refractivity contribution in [2.75, 3.05) is 7.11 Å². The van der Waals surface area contributed by atoms with Crippen molar-refractivity contribution in [2.24, 2.45) is 11.3 Å². The van der Waals surface area contributed by atoms with E-state index in [0.717, 1.165) is 48.2 Å². The van der Waals surface area contributed by atoms with Gasteiger partial charge >= 0.3 is 5.97 Å². The number of methoxy groups -OCH3 is 1. The van der Waals surface area contributed by atoms with E-state index in [-0.39, 0.29) is 34.8 Å². The van der Waals surface area contributed by atoms with Crippen LogP contribution in [0, 0.1) is 28.8 Å². The fourth-order valence-electron chi connectivity index (χ4n) is 7.62. The van der Waals surface area contributed by atoms with Gasteiger partial charge in [-0.15, -0.1) is 0 Å². The van der Waals surface area contributed by atoms with Gasteiger partial charge in [0.05, 0.1) is 19.2 Å². The van der Waals surface area contributed by atoms with Gasteiger partial charge in [0, 0.05) is 28.7 Å². The minimum atomic E-state index is -0.971. The van der Waals surface area contributed by atoms with Crippen molar-refractivity contribution in [1.29, 1.82) is 0 Å². The Bertz CT molecular complexity index is 1540. The molecule has 8 heteroatoms. The Morgan fingerprint density at radius 2 is 1.85 bits per heavy atom. The van der Waals surface area contributed by atoms with Gasteiger partial charge in [0.25, 0.3) is 0 Å². The van der Waals surface area contributed by atoms with Gasteiger partial charge in [0.15, 0.2) is 11.6 Å². The standard InChI is InChI=1S/C33H34F3NO4/c1-32(2)10-4-5-23(32)21-13-18(6-7-19(21)22-14-28(40-3)37-16-26(22)35)17-41-27-15-25(34)20-8-11-33(29(20)30(27)36)12-9-24(33)31(38)39/h6-7,13-16,23-24H,4-5,8-12,17H2,1-3H3,(H,38,39). The number of carboxylic acid groups (broad SMARTS) is 1. The molecule has 0 radical (unpaired) electrons. The minimum Gasteiger partial charge on any atom is -0.486 e. The van der Waals surface area contributed by atoms with Crippen molar-refractivity contribution in [3.8, 4) is 22.8 Å². The molecule has 3 atom stereocenters. The number of aliphatic carboxylic acids is 1. The van der Waals surface area contributed by atoms with Gasteiger partial charge in [-0.1, -0.05) is 38.5 Å². The number of nitrogens with zero attached hydrogens (tertiary/aromatic N) is 1. The number of hydrogen-bond donors (Lipinski definition) is 1. The van der Waals surface area contributed by atoms with E-state index in [4.69, 9.17) is 9.47 Å². The molecule has 0 bridgehead atoms. The summed E-state index contributed by atoms with van der Waals surface area (Å²) in [6.45, 7) is 4.40. The van der Waals surface area contributed by atoms with Crippen LogP contribution in [0.3, 0.4) is 0 Å². The maximum atomic E-state index is 15.9. The van der Waals surface area contributed by atoms with Crippen LogP contribution < -0.4 is 9.47 Å². The smallest absolute Gasteiger partial charge is 0.307 e. The number of benzene rings is 2. The average molecular weight is 566 g/mol. The molecule has 1 aromatic heterocycles. The lowest BCUT2D eigenvalue weighted by Gasteiger charge is -2.45. The van der Waals surface area contributed by atoms with Crippen LogP contribution in [0.5, 0.6) is 11.6 Å². The van der Waals surface area contributed by atoms with E-state index in [0.29, 0.717) is 37.1 Å². The molecular formula is C33H34F3NO4. The summed E-state index contributed by atoms with van der Waals surface area (Å²) in [6, 6.07) is 8.31. The molecule has 2 aromatic carbocycles. The van der Waals surface area contributed by atoms with E-state index in [1.807, 2.05) is 18.2 Å². The molecule has 0 aliphatic heterocycles. The van der Waals surface area contributed by atoms with E-state index >= 15 is 13.2 Å². The van der Waals surface area contributed by atoms with Crippen LogP contribution in [0.4, 0.5) is 13.2 Å². The molecule has 2 fully saturated rings. The quantitative estimate of drug-likeness (QED) is 0.318. The van der Waals surface area contributed by atoms with E-state index < -0.39 is 34.8 Å². The summed E-state index contributed by atoms with van der Waals surface area (Å²) in [7, 11) is 1.49. The van der Waals surface area contributed by atoms with Gasteiger partial charge in [-0.25, -0.2) is 18.2 Å². The fraction of sp³-hybridized carbons (Fsp3) is 0.455. The highest BCUT2D eigenvalue weighted by Crippen LogP contribution is 2.58. The molecule has 2 saturated carbocycles. The maximum absolute atomic E-state index is 15.9. The summed E-state index contributed by atoms with van der Waals surface area (Å²) in [6.07, 6.45) is 5.93. The fourth-order valence-corrected chi connectivity index (χ4v) is 7.62. The van der Waals surface area contributed by atoms with Gasteiger partial charge < -0.3 is 14.6 Å². The summed E-state index contributed by atoms with van der Waals surface area (Å²) >= 11 is 0. The summed E-state index contributed by atoms with van der Waals surface area (Å²) in [4.78, 5) is 15.8. The van der Waals surface area contributed by atoms with Crippen LogP contribution in [-0.2, 0) is 23.2 Å². The van der Waals surface area contributed by atoms with Gasteiger partial charge in [-0.3, -0.25) is 4.79 Å². The molecule has 0 saturated heterocycles. The third-order valence-corrected chi connectivity index (χ3v) is 9.92. The van der Waals surface area contributed by atoms with Crippen molar-refractivity contribution in [3.05, 3.63) is 76.2 Å². The number of carboxylic acids is 1.